The fraction of sp³-hybridized carbons (Fsp3) is 0.316. The Kier molecular flexibility index (Phi) is 4.31. The molecule has 0 bridgehead atoms. The second-order valence-electron chi connectivity index (χ2n) is 6.53. The Labute approximate surface area is 148 Å². The zero-order chi connectivity index (χ0) is 17.3. The van der Waals surface area contributed by atoms with Gasteiger partial charge in [-0.2, -0.15) is 8.42 Å². The lowest BCUT2D eigenvalue weighted by molar-refractivity contribution is 0.221. The smallest absolute Gasteiger partial charge is 0.285 e. The number of nitrogens with one attached hydrogen (secondary N) is 1. The van der Waals surface area contributed by atoms with Gasteiger partial charge in [-0.05, 0) is 49.7 Å². The van der Waals surface area contributed by atoms with E-state index in [9.17, 15) is 8.42 Å². The van der Waals surface area contributed by atoms with Crippen molar-refractivity contribution in [1.82, 2.24) is 4.90 Å². The first kappa shape index (κ1) is 16.3. The molecule has 0 amide bonds. The summed E-state index contributed by atoms with van der Waals surface area (Å²) in [7, 11) is -3.60. The summed E-state index contributed by atoms with van der Waals surface area (Å²) in [6, 6.07) is 15.0. The van der Waals surface area contributed by atoms with E-state index < -0.39 is 10.0 Å². The minimum absolute atomic E-state index is 0.269. The van der Waals surface area contributed by atoms with Crippen molar-refractivity contribution in [1.29, 1.82) is 0 Å². The summed E-state index contributed by atoms with van der Waals surface area (Å²) in [6.45, 7) is 3.10. The summed E-state index contributed by atoms with van der Waals surface area (Å²) in [6.07, 6.45) is 3.80. The summed E-state index contributed by atoms with van der Waals surface area (Å²) < 4.78 is 28.4. The number of para-hydroxylation sites is 1. The first-order valence-electron chi connectivity index (χ1n) is 8.65. The topological polar surface area (TPSA) is 61.8 Å². The van der Waals surface area contributed by atoms with Gasteiger partial charge in [-0.3, -0.25) is 4.90 Å². The average Bonchev–Trinajstić information content (AvgIpc) is 2.89. The van der Waals surface area contributed by atoms with Crippen LogP contribution in [0.3, 0.4) is 0 Å². The van der Waals surface area contributed by atoms with Crippen LogP contribution in [0.25, 0.3) is 0 Å². The standard InChI is InChI=1S/C19H21N3O2S/c23-25(24)18-11-5-3-9-16(18)19(21-25)20-17-10-4-2-8-15(17)14-22-12-6-1-7-13-22/h2-5,8-11H,1,6-7,12-14H2,(H,20,21). The summed E-state index contributed by atoms with van der Waals surface area (Å²) in [4.78, 5) is 2.72. The summed E-state index contributed by atoms with van der Waals surface area (Å²) >= 11 is 0. The van der Waals surface area contributed by atoms with Gasteiger partial charge in [-0.1, -0.05) is 36.8 Å². The van der Waals surface area contributed by atoms with Crippen molar-refractivity contribution in [2.24, 2.45) is 4.40 Å². The maximum atomic E-state index is 12.2. The predicted octanol–water partition coefficient (Wildman–Crippen LogP) is 3.23. The zero-order valence-corrected chi connectivity index (χ0v) is 14.8. The summed E-state index contributed by atoms with van der Waals surface area (Å²) in [5.74, 6) is 0.404. The molecule has 0 aliphatic carbocycles. The van der Waals surface area contributed by atoms with E-state index in [1.54, 1.807) is 18.2 Å². The Morgan fingerprint density at radius 2 is 1.68 bits per heavy atom. The maximum absolute atomic E-state index is 12.2. The van der Waals surface area contributed by atoms with E-state index in [-0.39, 0.29) is 4.90 Å². The number of rotatable bonds is 3. The number of piperidine rings is 1. The first-order chi connectivity index (χ1) is 12.1. The normalized spacial score (nSPS) is 19.3. The minimum atomic E-state index is -3.60. The first-order valence-corrected chi connectivity index (χ1v) is 10.1. The SMILES string of the molecule is O=S1(=O)N=C(Nc2ccccc2CN2CCCCC2)c2ccccc21. The van der Waals surface area contributed by atoms with Crippen molar-refractivity contribution in [3.63, 3.8) is 0 Å². The van der Waals surface area contributed by atoms with E-state index in [1.807, 2.05) is 24.3 Å². The van der Waals surface area contributed by atoms with Crippen LogP contribution in [-0.2, 0) is 16.6 Å². The van der Waals surface area contributed by atoms with E-state index >= 15 is 0 Å². The molecule has 0 radical (unpaired) electrons. The lowest BCUT2D eigenvalue weighted by Gasteiger charge is -2.27. The van der Waals surface area contributed by atoms with E-state index in [1.165, 1.54) is 19.3 Å². The molecule has 25 heavy (non-hydrogen) atoms. The monoisotopic (exact) mass is 355 g/mol. The van der Waals surface area contributed by atoms with Gasteiger partial charge >= 0.3 is 0 Å². The molecule has 2 aliphatic heterocycles. The molecule has 1 fully saturated rings. The molecule has 0 aromatic heterocycles. The molecule has 4 rings (SSSR count). The Bertz CT molecular complexity index is 916. The Balaban J connectivity index is 1.62. The van der Waals surface area contributed by atoms with Crippen molar-refractivity contribution in [2.45, 2.75) is 30.7 Å². The van der Waals surface area contributed by atoms with Crippen LogP contribution in [0.1, 0.15) is 30.4 Å². The van der Waals surface area contributed by atoms with Gasteiger partial charge in [0.2, 0.25) is 0 Å². The Morgan fingerprint density at radius 1 is 0.960 bits per heavy atom. The molecule has 1 saturated heterocycles. The lowest BCUT2D eigenvalue weighted by atomic mass is 10.1. The number of benzene rings is 2. The molecule has 0 saturated carbocycles. The third kappa shape index (κ3) is 3.32. The lowest BCUT2D eigenvalue weighted by Crippen LogP contribution is -2.29. The van der Waals surface area contributed by atoms with Gasteiger partial charge in [0.05, 0.1) is 0 Å². The third-order valence-corrected chi connectivity index (χ3v) is 6.08. The highest BCUT2D eigenvalue weighted by atomic mass is 32.2. The molecule has 0 spiro atoms. The van der Waals surface area contributed by atoms with E-state index in [2.05, 4.69) is 20.7 Å². The van der Waals surface area contributed by atoms with Gasteiger partial charge in [0.15, 0.2) is 5.84 Å². The van der Waals surface area contributed by atoms with E-state index in [4.69, 9.17) is 0 Å². The van der Waals surface area contributed by atoms with Crippen molar-refractivity contribution in [3.8, 4) is 0 Å². The van der Waals surface area contributed by atoms with Crippen LogP contribution in [0.15, 0.2) is 57.8 Å². The number of hydrogen-bond donors (Lipinski definition) is 1. The molecule has 0 unspecified atom stereocenters. The van der Waals surface area contributed by atoms with Crippen molar-refractivity contribution in [3.05, 3.63) is 59.7 Å². The molecule has 130 valence electrons. The number of hydrogen-bond acceptors (Lipinski definition) is 4. The highest BCUT2D eigenvalue weighted by Crippen LogP contribution is 2.28. The molecule has 2 aromatic rings. The molecular weight excluding hydrogens is 334 g/mol. The van der Waals surface area contributed by atoms with Crippen LogP contribution < -0.4 is 5.32 Å². The minimum Gasteiger partial charge on any atom is -0.339 e. The van der Waals surface area contributed by atoms with Crippen LogP contribution in [-0.4, -0.2) is 32.2 Å². The van der Waals surface area contributed by atoms with Gasteiger partial charge in [-0.25, -0.2) is 0 Å². The van der Waals surface area contributed by atoms with Crippen molar-refractivity contribution in [2.75, 3.05) is 18.4 Å². The van der Waals surface area contributed by atoms with Gasteiger partial charge in [0.1, 0.15) is 4.90 Å². The molecule has 1 N–H and O–H groups in total. The van der Waals surface area contributed by atoms with Crippen LogP contribution in [0.2, 0.25) is 0 Å². The van der Waals surface area contributed by atoms with Crippen molar-refractivity contribution < 1.29 is 8.42 Å². The fourth-order valence-corrected chi connectivity index (χ4v) is 4.64. The fourth-order valence-electron chi connectivity index (χ4n) is 3.46. The highest BCUT2D eigenvalue weighted by molar-refractivity contribution is 7.90. The van der Waals surface area contributed by atoms with E-state index in [0.29, 0.717) is 11.4 Å². The van der Waals surface area contributed by atoms with Gasteiger partial charge in [-0.15, -0.1) is 4.40 Å². The quantitative estimate of drug-likeness (QED) is 0.918. The second kappa shape index (κ2) is 6.61. The number of likely N-dealkylation sites (tertiary alicyclic amines) is 1. The van der Waals surface area contributed by atoms with Gasteiger partial charge < -0.3 is 5.32 Å². The van der Waals surface area contributed by atoms with Crippen LogP contribution >= 0.6 is 0 Å². The molecule has 2 aromatic carbocycles. The largest absolute Gasteiger partial charge is 0.339 e. The second-order valence-corrected chi connectivity index (χ2v) is 8.10. The predicted molar refractivity (Wildman–Crippen MR) is 99.4 cm³/mol. The zero-order valence-electron chi connectivity index (χ0n) is 14.0. The number of fused-ring (bicyclic) bond motifs is 1. The molecular formula is C19H21N3O2S. The maximum Gasteiger partial charge on any atom is 0.285 e. The average molecular weight is 355 g/mol. The summed E-state index contributed by atoms with van der Waals surface area (Å²) in [5.41, 5.74) is 2.71. The molecule has 0 atom stereocenters. The molecule has 6 heteroatoms. The number of anilines is 1. The van der Waals surface area contributed by atoms with Crippen LogP contribution in [0, 0.1) is 0 Å². The Morgan fingerprint density at radius 3 is 2.52 bits per heavy atom. The van der Waals surface area contributed by atoms with Gasteiger partial charge in [0, 0.05) is 17.8 Å². The highest BCUT2D eigenvalue weighted by Gasteiger charge is 2.28. The van der Waals surface area contributed by atoms with Gasteiger partial charge in [0.25, 0.3) is 10.0 Å². The summed E-state index contributed by atoms with van der Waals surface area (Å²) in [5, 5.41) is 3.26. The number of sulfonamides is 1. The van der Waals surface area contributed by atoms with Crippen LogP contribution in [0.5, 0.6) is 0 Å². The third-order valence-electron chi connectivity index (χ3n) is 4.74. The molecule has 2 heterocycles. The molecule has 2 aliphatic rings. The van der Waals surface area contributed by atoms with E-state index in [0.717, 1.165) is 30.9 Å². The van der Waals surface area contributed by atoms with Crippen LogP contribution in [0.4, 0.5) is 5.69 Å². The number of nitrogens with zero attached hydrogens (tertiary/aromatic N) is 2. The Hall–Kier alpha value is -2.18. The number of amidine groups is 1. The molecule has 5 nitrogen and oxygen atoms in total. The van der Waals surface area contributed by atoms with Crippen molar-refractivity contribution >= 4 is 21.5 Å².